The van der Waals surface area contributed by atoms with Crippen LogP contribution in [0, 0.1) is 13.8 Å². The first-order valence-electron chi connectivity index (χ1n) is 8.22. The molecule has 3 rings (SSSR count). The maximum Gasteiger partial charge on any atom is 0.274 e. The first kappa shape index (κ1) is 17.9. The molecule has 1 heterocycles. The molecule has 2 aromatic carbocycles. The van der Waals surface area contributed by atoms with E-state index < -0.39 is 0 Å². The summed E-state index contributed by atoms with van der Waals surface area (Å²) in [5.41, 5.74) is 4.21. The smallest absolute Gasteiger partial charge is 0.274 e. The average molecular weight is 367 g/mol. The molecular formula is C20H19ClN4O. The van der Waals surface area contributed by atoms with Crippen LogP contribution >= 0.6 is 11.6 Å². The maximum absolute atomic E-state index is 12.5. The Labute approximate surface area is 157 Å². The third-order valence-electron chi connectivity index (χ3n) is 4.03. The summed E-state index contributed by atoms with van der Waals surface area (Å²) < 4.78 is 0. The van der Waals surface area contributed by atoms with E-state index >= 15 is 0 Å². The number of anilines is 2. The number of carbonyl (C=O) groups is 1. The zero-order valence-corrected chi connectivity index (χ0v) is 15.3. The number of aryl methyl sites for hydroxylation is 2. The lowest BCUT2D eigenvalue weighted by Crippen LogP contribution is -2.16. The molecule has 6 heteroatoms. The number of nitrogens with zero attached hydrogens (tertiary/aromatic N) is 2. The SMILES string of the molecule is Cc1ccccc1CNc1nccc(C(=O)Nc2cc(Cl)ccc2C)n1. The Morgan fingerprint density at radius 2 is 1.88 bits per heavy atom. The quantitative estimate of drug-likeness (QED) is 0.691. The molecule has 0 unspecified atom stereocenters. The van der Waals surface area contributed by atoms with Crippen LogP contribution in [0.1, 0.15) is 27.2 Å². The first-order chi connectivity index (χ1) is 12.5. The molecule has 0 bridgehead atoms. The summed E-state index contributed by atoms with van der Waals surface area (Å²) in [4.78, 5) is 21.0. The Balaban J connectivity index is 1.71. The minimum atomic E-state index is -0.309. The van der Waals surface area contributed by atoms with Gasteiger partial charge in [0.2, 0.25) is 5.95 Å². The Morgan fingerprint density at radius 1 is 1.08 bits per heavy atom. The summed E-state index contributed by atoms with van der Waals surface area (Å²) in [5.74, 6) is 0.0976. The Bertz CT molecular complexity index is 943. The molecule has 0 fully saturated rings. The van der Waals surface area contributed by atoms with E-state index in [0.29, 0.717) is 23.2 Å². The van der Waals surface area contributed by atoms with Gasteiger partial charge in [-0.2, -0.15) is 0 Å². The van der Waals surface area contributed by atoms with Crippen molar-refractivity contribution in [3.8, 4) is 0 Å². The highest BCUT2D eigenvalue weighted by Crippen LogP contribution is 2.20. The normalized spacial score (nSPS) is 10.4. The van der Waals surface area contributed by atoms with Crippen LogP contribution in [0.3, 0.4) is 0 Å². The van der Waals surface area contributed by atoms with Crippen LogP contribution in [0.25, 0.3) is 0 Å². The number of halogens is 1. The molecule has 5 nitrogen and oxygen atoms in total. The van der Waals surface area contributed by atoms with Crippen molar-refractivity contribution in [1.82, 2.24) is 9.97 Å². The molecule has 1 aromatic heterocycles. The lowest BCUT2D eigenvalue weighted by atomic mass is 10.1. The first-order valence-corrected chi connectivity index (χ1v) is 8.59. The van der Waals surface area contributed by atoms with Gasteiger partial charge in [-0.25, -0.2) is 9.97 Å². The van der Waals surface area contributed by atoms with Crippen molar-refractivity contribution in [1.29, 1.82) is 0 Å². The molecule has 26 heavy (non-hydrogen) atoms. The molecule has 0 saturated carbocycles. The van der Waals surface area contributed by atoms with Gasteiger partial charge in [-0.3, -0.25) is 4.79 Å². The standard InChI is InChI=1S/C20H19ClN4O/c1-13-5-3-4-6-15(13)12-23-20-22-10-9-17(25-20)19(26)24-18-11-16(21)8-7-14(18)2/h3-11H,12H2,1-2H3,(H,24,26)(H,22,23,25). The van der Waals surface area contributed by atoms with Crippen molar-refractivity contribution in [2.45, 2.75) is 20.4 Å². The van der Waals surface area contributed by atoms with Crippen LogP contribution in [0.2, 0.25) is 5.02 Å². The third-order valence-corrected chi connectivity index (χ3v) is 4.27. The van der Waals surface area contributed by atoms with Gasteiger partial charge in [-0.1, -0.05) is 41.9 Å². The molecule has 0 aliphatic heterocycles. The molecule has 3 aromatic rings. The third kappa shape index (κ3) is 4.37. The van der Waals surface area contributed by atoms with Crippen LogP contribution < -0.4 is 10.6 Å². The number of nitrogens with one attached hydrogen (secondary N) is 2. The number of aromatic nitrogens is 2. The van der Waals surface area contributed by atoms with Crippen molar-refractivity contribution in [3.05, 3.63) is 82.1 Å². The van der Waals surface area contributed by atoms with Gasteiger partial charge in [-0.05, 0) is 48.7 Å². The van der Waals surface area contributed by atoms with Gasteiger partial charge in [0.1, 0.15) is 5.69 Å². The molecule has 0 radical (unpaired) electrons. The second-order valence-electron chi connectivity index (χ2n) is 5.96. The highest BCUT2D eigenvalue weighted by atomic mass is 35.5. The average Bonchev–Trinajstić information content (AvgIpc) is 2.64. The summed E-state index contributed by atoms with van der Waals surface area (Å²) in [6.07, 6.45) is 1.56. The predicted molar refractivity (Wildman–Crippen MR) is 105 cm³/mol. The molecule has 2 N–H and O–H groups in total. The Kier molecular flexibility index (Phi) is 5.49. The summed E-state index contributed by atoms with van der Waals surface area (Å²) in [7, 11) is 0. The van der Waals surface area contributed by atoms with Gasteiger partial charge < -0.3 is 10.6 Å². The highest BCUT2D eigenvalue weighted by molar-refractivity contribution is 6.31. The predicted octanol–water partition coefficient (Wildman–Crippen LogP) is 4.61. The molecule has 0 atom stereocenters. The molecule has 0 spiro atoms. The summed E-state index contributed by atoms with van der Waals surface area (Å²) in [5, 5.41) is 6.56. The summed E-state index contributed by atoms with van der Waals surface area (Å²) in [6.45, 7) is 4.54. The van der Waals surface area contributed by atoms with Crippen LogP contribution in [-0.4, -0.2) is 15.9 Å². The van der Waals surface area contributed by atoms with Crippen molar-refractivity contribution in [2.75, 3.05) is 10.6 Å². The molecule has 132 valence electrons. The van der Waals surface area contributed by atoms with Gasteiger partial charge >= 0.3 is 0 Å². The van der Waals surface area contributed by atoms with Crippen molar-refractivity contribution >= 4 is 29.1 Å². The van der Waals surface area contributed by atoms with Crippen LogP contribution in [0.5, 0.6) is 0 Å². The largest absolute Gasteiger partial charge is 0.350 e. The van der Waals surface area contributed by atoms with Gasteiger partial charge in [0.05, 0.1) is 0 Å². The number of hydrogen-bond acceptors (Lipinski definition) is 4. The van der Waals surface area contributed by atoms with Gasteiger partial charge in [0.15, 0.2) is 0 Å². The molecular weight excluding hydrogens is 348 g/mol. The van der Waals surface area contributed by atoms with Gasteiger partial charge in [0.25, 0.3) is 5.91 Å². The maximum atomic E-state index is 12.5. The van der Waals surface area contributed by atoms with Crippen molar-refractivity contribution in [3.63, 3.8) is 0 Å². The molecule has 1 amide bonds. The van der Waals surface area contributed by atoms with E-state index in [2.05, 4.69) is 33.6 Å². The van der Waals surface area contributed by atoms with Gasteiger partial charge in [-0.15, -0.1) is 0 Å². The number of benzene rings is 2. The lowest BCUT2D eigenvalue weighted by molar-refractivity contribution is 0.102. The van der Waals surface area contributed by atoms with Crippen molar-refractivity contribution < 1.29 is 4.79 Å². The highest BCUT2D eigenvalue weighted by Gasteiger charge is 2.11. The fraction of sp³-hybridized carbons (Fsp3) is 0.150. The number of hydrogen-bond donors (Lipinski definition) is 2. The van der Waals surface area contributed by atoms with Crippen LogP contribution in [-0.2, 0) is 6.54 Å². The molecule has 0 aliphatic rings. The minimum absolute atomic E-state index is 0.284. The Morgan fingerprint density at radius 3 is 2.69 bits per heavy atom. The van der Waals surface area contributed by atoms with E-state index in [1.165, 1.54) is 5.56 Å². The van der Waals surface area contributed by atoms with E-state index in [-0.39, 0.29) is 11.6 Å². The number of carbonyl (C=O) groups excluding carboxylic acids is 1. The van der Waals surface area contributed by atoms with Gasteiger partial charge in [0, 0.05) is 23.5 Å². The molecule has 0 aliphatic carbocycles. The second kappa shape index (κ2) is 7.97. The van der Waals surface area contributed by atoms with E-state index in [1.807, 2.05) is 31.2 Å². The van der Waals surface area contributed by atoms with Crippen LogP contribution in [0.15, 0.2) is 54.7 Å². The van der Waals surface area contributed by atoms with Crippen LogP contribution in [0.4, 0.5) is 11.6 Å². The monoisotopic (exact) mass is 366 g/mol. The topological polar surface area (TPSA) is 66.9 Å². The fourth-order valence-electron chi connectivity index (χ4n) is 2.47. The zero-order chi connectivity index (χ0) is 18.5. The molecule has 0 saturated heterocycles. The van der Waals surface area contributed by atoms with Crippen molar-refractivity contribution in [2.24, 2.45) is 0 Å². The second-order valence-corrected chi connectivity index (χ2v) is 6.40. The zero-order valence-electron chi connectivity index (χ0n) is 14.6. The fourth-order valence-corrected chi connectivity index (χ4v) is 2.64. The lowest BCUT2D eigenvalue weighted by Gasteiger charge is -2.10. The summed E-state index contributed by atoms with van der Waals surface area (Å²) in [6, 6.07) is 15.0. The van der Waals surface area contributed by atoms with E-state index in [4.69, 9.17) is 11.6 Å². The van der Waals surface area contributed by atoms with E-state index in [0.717, 1.165) is 11.1 Å². The minimum Gasteiger partial charge on any atom is -0.350 e. The number of rotatable bonds is 5. The Hall–Kier alpha value is -2.92. The van der Waals surface area contributed by atoms with E-state index in [1.54, 1.807) is 24.4 Å². The number of amides is 1. The summed E-state index contributed by atoms with van der Waals surface area (Å²) >= 11 is 6.00. The van der Waals surface area contributed by atoms with E-state index in [9.17, 15) is 4.79 Å².